The Labute approximate surface area is 130 Å². The molecule has 1 aromatic carbocycles. The van der Waals surface area contributed by atoms with E-state index < -0.39 is 0 Å². The topological polar surface area (TPSA) is 79.4 Å². The molecule has 0 atom stereocenters. The summed E-state index contributed by atoms with van der Waals surface area (Å²) in [6.45, 7) is 1.92. The number of thiazole rings is 1. The Morgan fingerprint density at radius 3 is 2.77 bits per heavy atom. The predicted molar refractivity (Wildman–Crippen MR) is 81.9 cm³/mol. The number of carbonyl (C=O) groups is 3. The predicted octanol–water partition coefficient (Wildman–Crippen LogP) is 2.08. The third-order valence-corrected chi connectivity index (χ3v) is 4.06. The zero-order chi connectivity index (χ0) is 15.7. The van der Waals surface area contributed by atoms with E-state index in [1.54, 1.807) is 29.8 Å². The van der Waals surface area contributed by atoms with Gasteiger partial charge in [-0.1, -0.05) is 11.6 Å². The second-order valence-corrected chi connectivity index (χ2v) is 5.84. The maximum atomic E-state index is 12.3. The van der Waals surface area contributed by atoms with E-state index in [4.69, 9.17) is 0 Å². The number of anilines is 1. The number of rotatable bonds is 4. The van der Waals surface area contributed by atoms with E-state index >= 15 is 0 Å². The van der Waals surface area contributed by atoms with E-state index in [2.05, 4.69) is 10.3 Å². The molecule has 0 saturated carbocycles. The summed E-state index contributed by atoms with van der Waals surface area (Å²) in [7, 11) is 0. The van der Waals surface area contributed by atoms with Gasteiger partial charge in [0.2, 0.25) is 5.91 Å². The number of carbonyl (C=O) groups excluding carboxylic acids is 3. The van der Waals surface area contributed by atoms with Gasteiger partial charge in [-0.05, 0) is 19.1 Å². The number of benzene rings is 1. The fourth-order valence-electron chi connectivity index (χ4n) is 2.29. The Bertz CT molecular complexity index is 755. The SMILES string of the molecule is Cc1ccc2c(c1)C(=O)N(CCC(=O)Nc1nccs1)C2=O. The van der Waals surface area contributed by atoms with Crippen molar-refractivity contribution in [2.45, 2.75) is 13.3 Å². The summed E-state index contributed by atoms with van der Waals surface area (Å²) in [4.78, 5) is 41.3. The van der Waals surface area contributed by atoms with Gasteiger partial charge in [0.25, 0.3) is 11.8 Å². The summed E-state index contributed by atoms with van der Waals surface area (Å²) < 4.78 is 0. The van der Waals surface area contributed by atoms with Crippen molar-refractivity contribution in [3.05, 3.63) is 46.5 Å². The number of aromatic nitrogens is 1. The highest BCUT2D eigenvalue weighted by Crippen LogP contribution is 2.24. The van der Waals surface area contributed by atoms with Crippen LogP contribution in [0.2, 0.25) is 0 Å². The van der Waals surface area contributed by atoms with E-state index in [1.807, 2.05) is 6.92 Å². The van der Waals surface area contributed by atoms with Crippen LogP contribution in [0.15, 0.2) is 29.8 Å². The summed E-state index contributed by atoms with van der Waals surface area (Å²) in [5.41, 5.74) is 1.73. The van der Waals surface area contributed by atoms with Gasteiger partial charge in [0.05, 0.1) is 11.1 Å². The molecule has 0 fully saturated rings. The van der Waals surface area contributed by atoms with Crippen molar-refractivity contribution < 1.29 is 14.4 Å². The molecule has 1 aliphatic heterocycles. The summed E-state index contributed by atoms with van der Waals surface area (Å²) in [6, 6.07) is 5.15. The highest BCUT2D eigenvalue weighted by Gasteiger charge is 2.35. The molecule has 2 aromatic rings. The first kappa shape index (κ1) is 14.4. The summed E-state index contributed by atoms with van der Waals surface area (Å²) in [5, 5.41) is 4.88. The third-order valence-electron chi connectivity index (χ3n) is 3.37. The van der Waals surface area contributed by atoms with Crippen LogP contribution in [0.1, 0.15) is 32.7 Å². The number of aryl methyl sites for hydroxylation is 1. The van der Waals surface area contributed by atoms with Gasteiger partial charge in [0.1, 0.15) is 0 Å². The second kappa shape index (κ2) is 5.69. The lowest BCUT2D eigenvalue weighted by Gasteiger charge is -2.12. The molecule has 1 aliphatic rings. The average Bonchev–Trinajstić information content (AvgIpc) is 3.06. The molecule has 1 aromatic heterocycles. The van der Waals surface area contributed by atoms with E-state index in [1.165, 1.54) is 11.3 Å². The van der Waals surface area contributed by atoms with Crippen LogP contribution < -0.4 is 5.32 Å². The van der Waals surface area contributed by atoms with Crippen LogP contribution in [-0.4, -0.2) is 34.2 Å². The van der Waals surface area contributed by atoms with E-state index in [0.717, 1.165) is 10.5 Å². The number of fused-ring (bicyclic) bond motifs is 1. The van der Waals surface area contributed by atoms with Gasteiger partial charge < -0.3 is 5.32 Å². The molecule has 0 aliphatic carbocycles. The minimum atomic E-state index is -0.345. The first-order valence-corrected chi connectivity index (χ1v) is 7.60. The molecule has 0 bridgehead atoms. The molecule has 3 amide bonds. The fraction of sp³-hybridized carbons (Fsp3) is 0.200. The standard InChI is InChI=1S/C15H13N3O3S/c1-9-2-3-10-11(8-9)14(21)18(13(10)20)6-4-12(19)17-15-16-5-7-22-15/h2-3,5,7-8H,4,6H2,1H3,(H,16,17,19). The van der Waals surface area contributed by atoms with E-state index in [9.17, 15) is 14.4 Å². The third kappa shape index (κ3) is 2.62. The fourth-order valence-corrected chi connectivity index (χ4v) is 2.83. The molecule has 0 unspecified atom stereocenters. The highest BCUT2D eigenvalue weighted by atomic mass is 32.1. The van der Waals surface area contributed by atoms with Crippen molar-refractivity contribution >= 4 is 34.2 Å². The molecular weight excluding hydrogens is 302 g/mol. The van der Waals surface area contributed by atoms with Crippen molar-refractivity contribution in [2.75, 3.05) is 11.9 Å². The minimum absolute atomic E-state index is 0.0457. The van der Waals surface area contributed by atoms with Gasteiger partial charge in [-0.15, -0.1) is 11.3 Å². The Morgan fingerprint density at radius 2 is 2.05 bits per heavy atom. The van der Waals surface area contributed by atoms with Gasteiger partial charge >= 0.3 is 0 Å². The molecule has 0 saturated heterocycles. The van der Waals surface area contributed by atoms with Crippen LogP contribution in [0.25, 0.3) is 0 Å². The molecule has 0 radical (unpaired) electrons. The normalized spacial score (nSPS) is 13.4. The zero-order valence-corrected chi connectivity index (χ0v) is 12.6. The molecule has 112 valence electrons. The maximum absolute atomic E-state index is 12.3. The molecule has 2 heterocycles. The summed E-state index contributed by atoms with van der Waals surface area (Å²) >= 11 is 1.31. The molecule has 1 N–H and O–H groups in total. The average molecular weight is 315 g/mol. The van der Waals surface area contributed by atoms with Crippen molar-refractivity contribution in [1.82, 2.24) is 9.88 Å². The van der Waals surface area contributed by atoms with Crippen molar-refractivity contribution in [3.63, 3.8) is 0 Å². The first-order chi connectivity index (χ1) is 10.6. The monoisotopic (exact) mass is 315 g/mol. The largest absolute Gasteiger partial charge is 0.302 e. The number of nitrogens with one attached hydrogen (secondary N) is 1. The quantitative estimate of drug-likeness (QED) is 0.876. The second-order valence-electron chi connectivity index (χ2n) is 4.95. The lowest BCUT2D eigenvalue weighted by atomic mass is 10.1. The number of hydrogen-bond acceptors (Lipinski definition) is 5. The van der Waals surface area contributed by atoms with Crippen LogP contribution in [0.4, 0.5) is 5.13 Å². The first-order valence-electron chi connectivity index (χ1n) is 6.72. The smallest absolute Gasteiger partial charge is 0.261 e. The number of amides is 3. The van der Waals surface area contributed by atoms with Gasteiger partial charge in [-0.2, -0.15) is 0 Å². The van der Waals surface area contributed by atoms with Crippen LogP contribution in [0.3, 0.4) is 0 Å². The number of nitrogens with zero attached hydrogens (tertiary/aromatic N) is 2. The van der Waals surface area contributed by atoms with Crippen LogP contribution in [0, 0.1) is 6.92 Å². The lowest BCUT2D eigenvalue weighted by Crippen LogP contribution is -2.32. The van der Waals surface area contributed by atoms with E-state index in [-0.39, 0.29) is 30.7 Å². The highest BCUT2D eigenvalue weighted by molar-refractivity contribution is 7.13. The Morgan fingerprint density at radius 1 is 1.27 bits per heavy atom. The Kier molecular flexibility index (Phi) is 3.72. The summed E-state index contributed by atoms with van der Waals surface area (Å²) in [6.07, 6.45) is 1.64. The lowest BCUT2D eigenvalue weighted by molar-refractivity contribution is -0.116. The molecule has 7 heteroatoms. The Balaban J connectivity index is 1.66. The number of hydrogen-bond donors (Lipinski definition) is 1. The van der Waals surface area contributed by atoms with Crippen LogP contribution in [0.5, 0.6) is 0 Å². The maximum Gasteiger partial charge on any atom is 0.261 e. The van der Waals surface area contributed by atoms with Crippen molar-refractivity contribution in [1.29, 1.82) is 0 Å². The van der Waals surface area contributed by atoms with Crippen LogP contribution in [-0.2, 0) is 4.79 Å². The molecular formula is C15H13N3O3S. The number of imide groups is 1. The van der Waals surface area contributed by atoms with Crippen molar-refractivity contribution in [3.8, 4) is 0 Å². The summed E-state index contributed by atoms with van der Waals surface area (Å²) in [5.74, 6) is -0.963. The Hall–Kier alpha value is -2.54. The van der Waals surface area contributed by atoms with E-state index in [0.29, 0.717) is 16.3 Å². The van der Waals surface area contributed by atoms with Gasteiger partial charge in [0, 0.05) is 24.5 Å². The molecule has 22 heavy (non-hydrogen) atoms. The zero-order valence-electron chi connectivity index (χ0n) is 11.8. The van der Waals surface area contributed by atoms with Crippen LogP contribution >= 0.6 is 11.3 Å². The molecule has 3 rings (SSSR count). The van der Waals surface area contributed by atoms with Gasteiger partial charge in [0.15, 0.2) is 5.13 Å². The molecule has 0 spiro atoms. The van der Waals surface area contributed by atoms with Gasteiger partial charge in [-0.25, -0.2) is 4.98 Å². The molecule has 6 nitrogen and oxygen atoms in total. The van der Waals surface area contributed by atoms with Gasteiger partial charge in [-0.3, -0.25) is 19.3 Å². The minimum Gasteiger partial charge on any atom is -0.302 e. The van der Waals surface area contributed by atoms with Crippen molar-refractivity contribution in [2.24, 2.45) is 0 Å².